The molecule has 1 atom stereocenters. The minimum absolute atomic E-state index is 0.103. The Balaban J connectivity index is 1.54. The van der Waals surface area contributed by atoms with Crippen molar-refractivity contribution in [2.75, 3.05) is 12.8 Å². The number of fused-ring (bicyclic) bond motifs is 1. The molecule has 2 aromatic rings. The van der Waals surface area contributed by atoms with Crippen LogP contribution in [0.4, 0.5) is 0 Å². The number of carbonyl (C=O) groups excluding carboxylic acids is 2. The van der Waals surface area contributed by atoms with Crippen molar-refractivity contribution < 1.29 is 18.0 Å². The van der Waals surface area contributed by atoms with Crippen LogP contribution in [-0.4, -0.2) is 55.0 Å². The number of amides is 2. The molecular weight excluding hydrogens is 430 g/mol. The zero-order valence-electron chi connectivity index (χ0n) is 17.8. The molecule has 2 saturated carbocycles. The second-order valence-corrected chi connectivity index (χ2v) is 11.0. The van der Waals surface area contributed by atoms with Crippen LogP contribution in [0.15, 0.2) is 34.5 Å². The average molecular weight is 456 g/mol. The number of aromatic nitrogens is 1. The van der Waals surface area contributed by atoms with Crippen LogP contribution >= 0.6 is 0 Å². The summed E-state index contributed by atoms with van der Waals surface area (Å²) >= 11 is 0. The van der Waals surface area contributed by atoms with Gasteiger partial charge in [0, 0.05) is 18.5 Å². The normalized spacial score (nSPS) is 22.0. The molecule has 32 heavy (non-hydrogen) atoms. The minimum Gasteiger partial charge on any atom is -0.345 e. The van der Waals surface area contributed by atoms with Crippen molar-refractivity contribution in [2.45, 2.75) is 50.1 Å². The Morgan fingerprint density at radius 3 is 2.50 bits per heavy atom. The Morgan fingerprint density at radius 2 is 1.91 bits per heavy atom. The van der Waals surface area contributed by atoms with Crippen LogP contribution in [0.2, 0.25) is 0 Å². The van der Waals surface area contributed by atoms with E-state index in [0.717, 1.165) is 43.1 Å². The lowest BCUT2D eigenvalue weighted by atomic mass is 9.77. The van der Waals surface area contributed by atoms with Crippen LogP contribution < -0.4 is 10.9 Å². The second kappa shape index (κ2) is 7.58. The fourth-order valence-electron chi connectivity index (χ4n) is 4.47. The largest absolute Gasteiger partial charge is 0.345 e. The van der Waals surface area contributed by atoms with E-state index in [0.29, 0.717) is 22.4 Å². The topological polar surface area (TPSA) is 116 Å². The maximum Gasteiger partial charge on any atom is 0.261 e. The SMILES string of the molecule is CN(C(=O)c1c(C2CCC2)ccc2cc(C(=O)N[C@@H]3C=CS(=O)(=O)C3)c(=O)[nH]c12)C1CC1. The molecule has 0 unspecified atom stereocenters. The average Bonchev–Trinajstić information content (AvgIpc) is 3.49. The number of hydrogen-bond donors (Lipinski definition) is 2. The first kappa shape index (κ1) is 20.9. The highest BCUT2D eigenvalue weighted by Crippen LogP contribution is 2.40. The number of aromatic amines is 1. The van der Waals surface area contributed by atoms with Crippen LogP contribution in [0.25, 0.3) is 10.9 Å². The number of nitrogens with one attached hydrogen (secondary N) is 2. The number of benzene rings is 1. The highest BCUT2D eigenvalue weighted by molar-refractivity contribution is 7.94. The highest BCUT2D eigenvalue weighted by Gasteiger charge is 2.34. The van der Waals surface area contributed by atoms with Gasteiger partial charge in [-0.05, 0) is 54.7 Å². The third-order valence-electron chi connectivity index (χ3n) is 6.72. The van der Waals surface area contributed by atoms with Gasteiger partial charge in [0.15, 0.2) is 9.84 Å². The molecule has 1 aromatic carbocycles. The van der Waals surface area contributed by atoms with E-state index in [4.69, 9.17) is 0 Å². The summed E-state index contributed by atoms with van der Waals surface area (Å²) in [7, 11) is -1.53. The molecule has 168 valence electrons. The molecule has 2 amide bonds. The predicted molar refractivity (Wildman–Crippen MR) is 120 cm³/mol. The van der Waals surface area contributed by atoms with Crippen molar-refractivity contribution in [3.8, 4) is 0 Å². The molecule has 5 rings (SSSR count). The molecule has 0 bridgehead atoms. The summed E-state index contributed by atoms with van der Waals surface area (Å²) in [4.78, 5) is 43.5. The molecule has 3 aliphatic rings. The van der Waals surface area contributed by atoms with E-state index >= 15 is 0 Å². The maximum absolute atomic E-state index is 13.4. The summed E-state index contributed by atoms with van der Waals surface area (Å²) in [6, 6.07) is 4.82. The van der Waals surface area contributed by atoms with Gasteiger partial charge in [0.25, 0.3) is 17.4 Å². The van der Waals surface area contributed by atoms with Crippen LogP contribution in [0.5, 0.6) is 0 Å². The fourth-order valence-corrected chi connectivity index (χ4v) is 5.70. The lowest BCUT2D eigenvalue weighted by Crippen LogP contribution is -2.38. The minimum atomic E-state index is -3.33. The molecule has 2 heterocycles. The summed E-state index contributed by atoms with van der Waals surface area (Å²) in [5.74, 6) is -0.671. The third kappa shape index (κ3) is 3.74. The van der Waals surface area contributed by atoms with Crippen molar-refractivity contribution in [2.24, 2.45) is 0 Å². The van der Waals surface area contributed by atoms with Crippen molar-refractivity contribution in [1.29, 1.82) is 0 Å². The van der Waals surface area contributed by atoms with Gasteiger partial charge in [-0.3, -0.25) is 14.4 Å². The van der Waals surface area contributed by atoms with Crippen LogP contribution in [0.3, 0.4) is 0 Å². The van der Waals surface area contributed by atoms with Gasteiger partial charge in [-0.1, -0.05) is 18.6 Å². The van der Waals surface area contributed by atoms with Crippen molar-refractivity contribution in [1.82, 2.24) is 15.2 Å². The standard InChI is InChI=1S/C23H25N3O5S/c1-26(16-6-7-16)23(29)19-17(13-3-2-4-13)8-5-14-11-18(22(28)25-20(14)19)21(27)24-15-9-10-32(30,31)12-15/h5,8-11,13,15-16H,2-4,6-7,12H2,1H3,(H,24,27)(H,25,28)/t15-/m1/s1. The lowest BCUT2D eigenvalue weighted by Gasteiger charge is -2.29. The fraction of sp³-hybridized carbons (Fsp3) is 0.435. The van der Waals surface area contributed by atoms with Gasteiger partial charge < -0.3 is 15.2 Å². The molecule has 9 heteroatoms. The molecule has 2 fully saturated rings. The summed E-state index contributed by atoms with van der Waals surface area (Å²) in [6.07, 6.45) is 6.52. The van der Waals surface area contributed by atoms with Gasteiger partial charge in [-0.25, -0.2) is 8.42 Å². The Hall–Kier alpha value is -2.94. The number of hydrogen-bond acceptors (Lipinski definition) is 5. The van der Waals surface area contributed by atoms with Gasteiger partial charge in [0.05, 0.1) is 22.9 Å². The van der Waals surface area contributed by atoms with E-state index in [1.54, 1.807) is 11.9 Å². The van der Waals surface area contributed by atoms with E-state index in [-0.39, 0.29) is 23.3 Å². The zero-order valence-corrected chi connectivity index (χ0v) is 18.6. The maximum atomic E-state index is 13.4. The third-order valence-corrected chi connectivity index (χ3v) is 8.11. The van der Waals surface area contributed by atoms with E-state index in [1.165, 1.54) is 12.1 Å². The van der Waals surface area contributed by atoms with Gasteiger partial charge in [-0.2, -0.15) is 0 Å². The number of rotatable bonds is 5. The summed E-state index contributed by atoms with van der Waals surface area (Å²) in [6.45, 7) is 0. The van der Waals surface area contributed by atoms with Crippen molar-refractivity contribution in [3.05, 3.63) is 56.7 Å². The molecule has 1 aromatic heterocycles. The summed E-state index contributed by atoms with van der Waals surface area (Å²) < 4.78 is 23.2. The molecular formula is C23H25N3O5S. The van der Waals surface area contributed by atoms with Crippen LogP contribution in [0.1, 0.15) is 64.3 Å². The zero-order chi connectivity index (χ0) is 22.6. The van der Waals surface area contributed by atoms with Crippen molar-refractivity contribution in [3.63, 3.8) is 0 Å². The smallest absolute Gasteiger partial charge is 0.261 e. The summed E-state index contributed by atoms with van der Waals surface area (Å²) in [5, 5.41) is 4.25. The molecule has 0 saturated heterocycles. The number of sulfone groups is 1. The van der Waals surface area contributed by atoms with Gasteiger partial charge in [0.1, 0.15) is 5.56 Å². The quantitative estimate of drug-likeness (QED) is 0.716. The first-order valence-electron chi connectivity index (χ1n) is 10.9. The monoisotopic (exact) mass is 455 g/mol. The van der Waals surface area contributed by atoms with Crippen LogP contribution in [-0.2, 0) is 9.84 Å². The Labute approximate surface area is 185 Å². The number of pyridine rings is 1. The van der Waals surface area contributed by atoms with E-state index < -0.39 is 27.3 Å². The molecule has 2 N–H and O–H groups in total. The van der Waals surface area contributed by atoms with Gasteiger partial charge in [0.2, 0.25) is 0 Å². The second-order valence-electron chi connectivity index (χ2n) is 9.02. The molecule has 0 radical (unpaired) electrons. The lowest BCUT2D eigenvalue weighted by molar-refractivity contribution is 0.0784. The summed E-state index contributed by atoms with van der Waals surface area (Å²) in [5.41, 5.74) is 1.22. The molecule has 0 spiro atoms. The first-order chi connectivity index (χ1) is 15.2. The molecule has 1 aliphatic heterocycles. The molecule has 2 aliphatic carbocycles. The Morgan fingerprint density at radius 1 is 1.16 bits per heavy atom. The molecule has 8 nitrogen and oxygen atoms in total. The van der Waals surface area contributed by atoms with E-state index in [2.05, 4.69) is 10.3 Å². The Bertz CT molecular complexity index is 1320. The van der Waals surface area contributed by atoms with E-state index in [9.17, 15) is 22.8 Å². The van der Waals surface area contributed by atoms with E-state index in [1.807, 2.05) is 12.1 Å². The highest BCUT2D eigenvalue weighted by atomic mass is 32.2. The number of nitrogens with zero attached hydrogens (tertiary/aromatic N) is 1. The van der Waals surface area contributed by atoms with Crippen LogP contribution in [0, 0.1) is 0 Å². The van der Waals surface area contributed by atoms with Gasteiger partial charge >= 0.3 is 0 Å². The van der Waals surface area contributed by atoms with Crippen molar-refractivity contribution >= 4 is 32.6 Å². The predicted octanol–water partition coefficient (Wildman–Crippen LogP) is 2.07. The van der Waals surface area contributed by atoms with Gasteiger partial charge in [-0.15, -0.1) is 0 Å². The Kier molecular flexibility index (Phi) is 4.96. The number of carbonyl (C=O) groups is 2. The first-order valence-corrected chi connectivity index (χ1v) is 12.6. The number of H-pyrrole nitrogens is 1.